The van der Waals surface area contributed by atoms with Crippen LogP contribution in [0.15, 0.2) is 15.8 Å². The maximum Gasteiger partial charge on any atom is 0.695 e. The zero-order chi connectivity index (χ0) is 15.7. The Hall–Kier alpha value is -1.38. The molecular formula is C11H16N2O7P+. The van der Waals surface area contributed by atoms with Crippen molar-refractivity contribution < 1.29 is 23.8 Å². The molecule has 0 radical (unpaired) electrons. The molecule has 1 aliphatic rings. The summed E-state index contributed by atoms with van der Waals surface area (Å²) in [5.41, 5.74) is -0.828. The summed E-state index contributed by atoms with van der Waals surface area (Å²) in [6, 6.07) is 0. The number of aromatic amines is 1. The second kappa shape index (κ2) is 6.17. The minimum Gasteiger partial charge on any atom is -0.391 e. The van der Waals surface area contributed by atoms with E-state index in [-0.39, 0.29) is 6.42 Å². The second-order valence-electron chi connectivity index (χ2n) is 4.89. The molecule has 1 aliphatic heterocycles. The van der Waals surface area contributed by atoms with E-state index in [1.807, 2.05) is 0 Å². The lowest BCUT2D eigenvalue weighted by Gasteiger charge is -2.18. The molecule has 3 N–H and O–H groups in total. The van der Waals surface area contributed by atoms with Crippen LogP contribution in [0.25, 0.3) is 0 Å². The lowest BCUT2D eigenvalue weighted by molar-refractivity contribution is -0.0735. The first-order valence-electron chi connectivity index (χ1n) is 6.28. The van der Waals surface area contributed by atoms with Crippen LogP contribution >= 0.6 is 8.25 Å². The molecule has 21 heavy (non-hydrogen) atoms. The van der Waals surface area contributed by atoms with E-state index >= 15 is 0 Å². The molecule has 0 amide bonds. The monoisotopic (exact) mass is 319 g/mol. The summed E-state index contributed by atoms with van der Waals surface area (Å²) in [6.45, 7) is 2.99. The molecule has 0 saturated carbocycles. The van der Waals surface area contributed by atoms with Crippen molar-refractivity contribution in [1.82, 2.24) is 9.55 Å². The fourth-order valence-corrected chi connectivity index (χ4v) is 2.72. The van der Waals surface area contributed by atoms with Crippen molar-refractivity contribution in [2.45, 2.75) is 44.8 Å². The Labute approximate surface area is 120 Å². The van der Waals surface area contributed by atoms with Gasteiger partial charge in [0.25, 0.3) is 5.56 Å². The number of hydrogen-bond donors (Lipinski definition) is 3. The number of hydrogen-bond acceptors (Lipinski definition) is 6. The lowest BCUT2D eigenvalue weighted by atomic mass is 10.1. The SMILES string of the molecule is Cc1cn([C@H]2CC(O[P+](=O)O)[C@@H]([C@@H](C)O)O2)c(=O)[nH]c1=O. The molecule has 0 bridgehead atoms. The van der Waals surface area contributed by atoms with Gasteiger partial charge in [-0.05, 0) is 13.8 Å². The third kappa shape index (κ3) is 3.45. The van der Waals surface area contributed by atoms with Crippen molar-refractivity contribution in [2.75, 3.05) is 0 Å². The summed E-state index contributed by atoms with van der Waals surface area (Å²) in [7, 11) is -2.86. The van der Waals surface area contributed by atoms with E-state index in [1.54, 1.807) is 0 Å². The molecule has 0 aromatic carbocycles. The predicted molar refractivity (Wildman–Crippen MR) is 71.0 cm³/mol. The van der Waals surface area contributed by atoms with Crippen LogP contribution in [0.5, 0.6) is 0 Å². The summed E-state index contributed by atoms with van der Waals surface area (Å²) in [4.78, 5) is 34.1. The number of nitrogens with one attached hydrogen (secondary N) is 1. The number of nitrogens with zero attached hydrogens (tertiary/aromatic N) is 1. The molecule has 0 spiro atoms. The summed E-state index contributed by atoms with van der Waals surface area (Å²) < 4.78 is 22.3. The zero-order valence-electron chi connectivity index (χ0n) is 11.4. The first-order valence-corrected chi connectivity index (χ1v) is 7.41. The summed E-state index contributed by atoms with van der Waals surface area (Å²) in [5.74, 6) is 0. The van der Waals surface area contributed by atoms with Crippen LogP contribution < -0.4 is 11.2 Å². The van der Waals surface area contributed by atoms with Gasteiger partial charge in [-0.1, -0.05) is 0 Å². The van der Waals surface area contributed by atoms with Crippen LogP contribution in [0.3, 0.4) is 0 Å². The van der Waals surface area contributed by atoms with E-state index in [2.05, 4.69) is 4.98 Å². The Kier molecular flexibility index (Phi) is 4.70. The molecule has 2 heterocycles. The van der Waals surface area contributed by atoms with Gasteiger partial charge < -0.3 is 9.84 Å². The Balaban J connectivity index is 2.30. The Bertz CT molecular complexity index is 653. The smallest absolute Gasteiger partial charge is 0.391 e. The predicted octanol–water partition coefficient (Wildman–Crippen LogP) is -0.452. The van der Waals surface area contributed by atoms with E-state index in [9.17, 15) is 19.3 Å². The molecule has 116 valence electrons. The Morgan fingerprint density at radius 2 is 2.24 bits per heavy atom. The Morgan fingerprint density at radius 3 is 2.81 bits per heavy atom. The summed E-state index contributed by atoms with van der Waals surface area (Å²) >= 11 is 0. The Morgan fingerprint density at radius 1 is 1.57 bits per heavy atom. The number of H-pyrrole nitrogens is 1. The van der Waals surface area contributed by atoms with Gasteiger partial charge in [-0.25, -0.2) is 4.79 Å². The molecule has 2 rings (SSSR count). The van der Waals surface area contributed by atoms with E-state index < -0.39 is 44.0 Å². The van der Waals surface area contributed by atoms with Crippen LogP contribution in [0.1, 0.15) is 25.1 Å². The minimum atomic E-state index is -2.86. The summed E-state index contributed by atoms with van der Waals surface area (Å²) in [6.07, 6.45) is -1.99. The molecule has 1 aromatic rings. The first-order chi connectivity index (χ1) is 9.79. The molecule has 10 heteroatoms. The highest BCUT2D eigenvalue weighted by Gasteiger charge is 2.44. The van der Waals surface area contributed by atoms with E-state index in [0.29, 0.717) is 5.56 Å². The van der Waals surface area contributed by atoms with E-state index in [0.717, 1.165) is 0 Å². The van der Waals surface area contributed by atoms with Gasteiger partial charge in [-0.15, -0.1) is 9.42 Å². The number of aliphatic hydroxyl groups excluding tert-OH is 1. The number of aliphatic hydroxyl groups is 1. The zero-order valence-corrected chi connectivity index (χ0v) is 12.3. The quantitative estimate of drug-likeness (QED) is 0.640. The number of aryl methyl sites for hydroxylation is 1. The van der Waals surface area contributed by atoms with Gasteiger partial charge in [0, 0.05) is 22.7 Å². The normalized spacial score (nSPS) is 27.6. The fourth-order valence-electron chi connectivity index (χ4n) is 2.28. The topological polar surface area (TPSA) is 131 Å². The molecular weight excluding hydrogens is 303 g/mol. The van der Waals surface area contributed by atoms with Gasteiger partial charge in [-0.3, -0.25) is 14.3 Å². The highest BCUT2D eigenvalue weighted by molar-refractivity contribution is 7.32. The van der Waals surface area contributed by atoms with Crippen LogP contribution in [-0.2, 0) is 13.8 Å². The van der Waals surface area contributed by atoms with Crippen molar-refractivity contribution >= 4 is 8.25 Å². The average Bonchev–Trinajstić information content (AvgIpc) is 2.76. The molecule has 1 aromatic heterocycles. The van der Waals surface area contributed by atoms with Gasteiger partial charge in [0.1, 0.15) is 18.4 Å². The van der Waals surface area contributed by atoms with Crippen LogP contribution in [0.4, 0.5) is 0 Å². The van der Waals surface area contributed by atoms with Crippen LogP contribution in [-0.4, -0.2) is 37.9 Å². The summed E-state index contributed by atoms with van der Waals surface area (Å²) in [5, 5.41) is 9.64. The van der Waals surface area contributed by atoms with E-state index in [4.69, 9.17) is 14.2 Å². The largest absolute Gasteiger partial charge is 0.695 e. The second-order valence-corrected chi connectivity index (χ2v) is 5.58. The van der Waals surface area contributed by atoms with Crippen molar-refractivity contribution in [3.05, 3.63) is 32.6 Å². The van der Waals surface area contributed by atoms with Gasteiger partial charge in [-0.2, -0.15) is 0 Å². The molecule has 0 aliphatic carbocycles. The molecule has 9 nitrogen and oxygen atoms in total. The average molecular weight is 319 g/mol. The van der Waals surface area contributed by atoms with Crippen LogP contribution in [0, 0.1) is 6.92 Å². The number of ether oxygens (including phenoxy) is 1. The highest BCUT2D eigenvalue weighted by atomic mass is 31.1. The molecule has 5 atom stereocenters. The van der Waals surface area contributed by atoms with Crippen LogP contribution in [0.2, 0.25) is 0 Å². The standard InChI is InChI=1S/C11H15N2O7P/c1-5-4-13(11(16)12-10(5)15)8-3-7(20-21(17)18)9(19-8)6(2)14/h4,6-9,14H,3H2,1-2H3,(H-,12,15,16,17,18)/p+1/t6-,7?,8-,9-/m1/s1. The van der Waals surface area contributed by atoms with Gasteiger partial charge in [0.15, 0.2) is 0 Å². The van der Waals surface area contributed by atoms with Crippen molar-refractivity contribution in [3.8, 4) is 0 Å². The lowest BCUT2D eigenvalue weighted by Crippen LogP contribution is -2.34. The molecule has 1 saturated heterocycles. The van der Waals surface area contributed by atoms with Gasteiger partial charge in [0.05, 0.1) is 6.10 Å². The highest BCUT2D eigenvalue weighted by Crippen LogP contribution is 2.36. The molecule has 1 fully saturated rings. The maximum absolute atomic E-state index is 11.8. The maximum atomic E-state index is 11.8. The van der Waals surface area contributed by atoms with Crippen molar-refractivity contribution in [1.29, 1.82) is 0 Å². The van der Waals surface area contributed by atoms with E-state index in [1.165, 1.54) is 24.6 Å². The third-order valence-corrected chi connectivity index (χ3v) is 3.72. The third-order valence-electron chi connectivity index (χ3n) is 3.27. The molecule has 2 unspecified atom stereocenters. The van der Waals surface area contributed by atoms with Gasteiger partial charge in [0.2, 0.25) is 0 Å². The first kappa shape index (κ1) is 16.0. The van der Waals surface area contributed by atoms with Crippen molar-refractivity contribution in [3.63, 3.8) is 0 Å². The van der Waals surface area contributed by atoms with Crippen molar-refractivity contribution in [2.24, 2.45) is 0 Å². The minimum absolute atomic E-state index is 0.0998. The number of aromatic nitrogens is 2. The number of rotatable bonds is 4. The van der Waals surface area contributed by atoms with Gasteiger partial charge >= 0.3 is 13.9 Å². The fraction of sp³-hybridized carbons (Fsp3) is 0.636.